The van der Waals surface area contributed by atoms with Gasteiger partial charge in [0.2, 0.25) is 5.91 Å². The van der Waals surface area contributed by atoms with Gasteiger partial charge < -0.3 is 14.4 Å². The molecule has 35 heavy (non-hydrogen) atoms. The number of halogens is 1. The Morgan fingerprint density at radius 3 is 2.49 bits per heavy atom. The van der Waals surface area contributed by atoms with Crippen LogP contribution in [0.4, 0.5) is 0 Å². The summed E-state index contributed by atoms with van der Waals surface area (Å²) in [5.41, 5.74) is 3.94. The van der Waals surface area contributed by atoms with Gasteiger partial charge in [-0.1, -0.05) is 63.6 Å². The van der Waals surface area contributed by atoms with E-state index in [2.05, 4.69) is 40.8 Å². The van der Waals surface area contributed by atoms with Crippen molar-refractivity contribution in [1.82, 2.24) is 4.90 Å². The van der Waals surface area contributed by atoms with E-state index in [0.717, 1.165) is 28.7 Å². The van der Waals surface area contributed by atoms with Crippen molar-refractivity contribution < 1.29 is 19.1 Å². The molecule has 0 aliphatic carbocycles. The van der Waals surface area contributed by atoms with Gasteiger partial charge in [-0.15, -0.1) is 0 Å². The summed E-state index contributed by atoms with van der Waals surface area (Å²) in [6.45, 7) is 15.4. The third-order valence-electron chi connectivity index (χ3n) is 7.73. The highest BCUT2D eigenvalue weighted by Gasteiger charge is 2.41. The lowest BCUT2D eigenvalue weighted by atomic mass is 9.85. The van der Waals surface area contributed by atoms with E-state index in [-0.39, 0.29) is 29.4 Å². The lowest BCUT2D eigenvalue weighted by Crippen LogP contribution is -2.52. The lowest BCUT2D eigenvalue weighted by Gasteiger charge is -2.44. The summed E-state index contributed by atoms with van der Waals surface area (Å²) >= 11 is 6.46. The summed E-state index contributed by atoms with van der Waals surface area (Å²) < 4.78 is 6.56. The second-order valence-corrected chi connectivity index (χ2v) is 16.3. The second kappa shape index (κ2) is 10.5. The summed E-state index contributed by atoms with van der Waals surface area (Å²) in [6, 6.07) is 10.7. The molecule has 0 aromatic heterocycles. The molecule has 7 heteroatoms. The minimum atomic E-state index is -2.07. The van der Waals surface area contributed by atoms with Crippen molar-refractivity contribution in [2.45, 2.75) is 84.1 Å². The zero-order chi connectivity index (χ0) is 26.1. The monoisotopic (exact) mass is 515 g/mol. The summed E-state index contributed by atoms with van der Waals surface area (Å²) in [4.78, 5) is 27.7. The van der Waals surface area contributed by atoms with Gasteiger partial charge in [-0.25, -0.2) is 4.79 Å². The molecule has 0 bridgehead atoms. The SMILES string of the molecule is CCc1ccc(Cl)c(CC(=O)N2[C@@H](CO[Si](C)(C)C(C)(C)C)Cc3c(C(=O)O)cccc3[C@@H]2C)c1. The predicted molar refractivity (Wildman–Crippen MR) is 144 cm³/mol. The number of hydrogen-bond acceptors (Lipinski definition) is 3. The largest absolute Gasteiger partial charge is 0.478 e. The Bertz CT molecular complexity index is 1110. The number of carbonyl (C=O) groups is 2. The summed E-state index contributed by atoms with van der Waals surface area (Å²) in [5.74, 6) is -0.969. The van der Waals surface area contributed by atoms with Crippen molar-refractivity contribution in [2.75, 3.05) is 6.61 Å². The Labute approximate surface area is 215 Å². The molecule has 1 aliphatic rings. The first-order chi connectivity index (χ1) is 16.3. The molecule has 1 N–H and O–H groups in total. The van der Waals surface area contributed by atoms with Gasteiger partial charge in [0.1, 0.15) is 0 Å². The smallest absolute Gasteiger partial charge is 0.335 e. The van der Waals surface area contributed by atoms with Crippen LogP contribution >= 0.6 is 11.6 Å². The maximum absolute atomic E-state index is 13.8. The van der Waals surface area contributed by atoms with Crippen LogP contribution in [0.2, 0.25) is 23.2 Å². The van der Waals surface area contributed by atoms with Gasteiger partial charge >= 0.3 is 5.97 Å². The van der Waals surface area contributed by atoms with E-state index in [0.29, 0.717) is 23.6 Å². The van der Waals surface area contributed by atoms with Gasteiger partial charge in [-0.2, -0.15) is 0 Å². The molecule has 1 aliphatic heterocycles. The third-order valence-corrected chi connectivity index (χ3v) is 12.6. The number of nitrogens with zero attached hydrogens (tertiary/aromatic N) is 1. The number of carbonyl (C=O) groups excluding carboxylic acids is 1. The third kappa shape index (κ3) is 5.82. The number of hydrogen-bond donors (Lipinski definition) is 1. The summed E-state index contributed by atoms with van der Waals surface area (Å²) in [5, 5.41) is 10.4. The number of benzene rings is 2. The van der Waals surface area contributed by atoms with Crippen LogP contribution in [0, 0.1) is 0 Å². The van der Waals surface area contributed by atoms with Crippen LogP contribution in [0.1, 0.15) is 73.3 Å². The summed E-state index contributed by atoms with van der Waals surface area (Å²) in [7, 11) is -2.07. The first kappa shape index (κ1) is 27.4. The minimum Gasteiger partial charge on any atom is -0.478 e. The molecule has 0 radical (unpaired) electrons. The zero-order valence-electron chi connectivity index (χ0n) is 21.9. The highest BCUT2D eigenvalue weighted by molar-refractivity contribution is 6.74. The number of carboxylic acids is 1. The maximum Gasteiger partial charge on any atom is 0.335 e. The fourth-order valence-corrected chi connectivity index (χ4v) is 5.77. The molecule has 0 fully saturated rings. The molecule has 2 aromatic carbocycles. The van der Waals surface area contributed by atoms with E-state index in [4.69, 9.17) is 16.0 Å². The normalized spacial score (nSPS) is 18.3. The molecular formula is C28H38ClNO4Si. The fraction of sp³-hybridized carbons (Fsp3) is 0.500. The van der Waals surface area contributed by atoms with Gasteiger partial charge in [0, 0.05) is 5.02 Å². The van der Waals surface area contributed by atoms with Gasteiger partial charge in [0.05, 0.1) is 30.7 Å². The number of carboxylic acid groups (broad SMARTS) is 1. The Balaban J connectivity index is 1.99. The first-order valence-corrected chi connectivity index (χ1v) is 15.6. The molecule has 190 valence electrons. The van der Waals surface area contributed by atoms with Gasteiger partial charge in [0.25, 0.3) is 0 Å². The zero-order valence-corrected chi connectivity index (χ0v) is 23.7. The van der Waals surface area contributed by atoms with Crippen LogP contribution in [0.3, 0.4) is 0 Å². The molecule has 1 heterocycles. The maximum atomic E-state index is 13.8. The Kier molecular flexibility index (Phi) is 8.19. The van der Waals surface area contributed by atoms with Crippen LogP contribution < -0.4 is 0 Å². The number of fused-ring (bicyclic) bond motifs is 1. The minimum absolute atomic E-state index is 0.0251. The molecule has 2 aromatic rings. The van der Waals surface area contributed by atoms with E-state index in [1.807, 2.05) is 36.1 Å². The molecule has 1 amide bonds. The topological polar surface area (TPSA) is 66.8 Å². The van der Waals surface area contributed by atoms with Crippen molar-refractivity contribution in [3.8, 4) is 0 Å². The van der Waals surface area contributed by atoms with Crippen molar-refractivity contribution in [1.29, 1.82) is 0 Å². The quantitative estimate of drug-likeness (QED) is 0.417. The van der Waals surface area contributed by atoms with Gasteiger partial charge in [0.15, 0.2) is 8.32 Å². The van der Waals surface area contributed by atoms with E-state index < -0.39 is 14.3 Å². The van der Waals surface area contributed by atoms with Crippen LogP contribution in [-0.2, 0) is 28.5 Å². The van der Waals surface area contributed by atoms with Crippen molar-refractivity contribution in [3.05, 3.63) is 69.2 Å². The number of aromatic carboxylic acids is 1. The Morgan fingerprint density at radius 2 is 1.89 bits per heavy atom. The average molecular weight is 516 g/mol. The standard InChI is InChI=1S/C28H38ClNO4Si/c1-8-19-12-13-25(29)20(14-19)15-26(31)30-18(2)22-10-9-11-23(27(32)33)24(22)16-21(30)17-34-35(6,7)28(3,4)5/h9-14,18,21H,8,15-17H2,1-7H3,(H,32,33)/t18-,21+/m0/s1. The van der Waals surface area contributed by atoms with E-state index >= 15 is 0 Å². The van der Waals surface area contributed by atoms with Crippen molar-refractivity contribution in [3.63, 3.8) is 0 Å². The fourth-order valence-electron chi connectivity index (χ4n) is 4.54. The Morgan fingerprint density at radius 1 is 1.20 bits per heavy atom. The van der Waals surface area contributed by atoms with Gasteiger partial charge in [-0.05, 0) is 72.3 Å². The van der Waals surface area contributed by atoms with Crippen LogP contribution in [0.25, 0.3) is 0 Å². The number of aryl methyl sites for hydroxylation is 1. The number of amides is 1. The molecule has 2 atom stereocenters. The van der Waals surface area contributed by atoms with Crippen LogP contribution in [0.15, 0.2) is 36.4 Å². The second-order valence-electron chi connectivity index (χ2n) is 11.0. The average Bonchev–Trinajstić information content (AvgIpc) is 2.78. The molecule has 3 rings (SSSR count). The van der Waals surface area contributed by atoms with Gasteiger partial charge in [-0.3, -0.25) is 4.79 Å². The Hall–Kier alpha value is -2.15. The highest BCUT2D eigenvalue weighted by atomic mass is 35.5. The van der Waals surface area contributed by atoms with Crippen LogP contribution in [0.5, 0.6) is 0 Å². The molecule has 0 saturated heterocycles. The van der Waals surface area contributed by atoms with E-state index in [9.17, 15) is 14.7 Å². The van der Waals surface area contributed by atoms with Crippen molar-refractivity contribution in [2.24, 2.45) is 0 Å². The van der Waals surface area contributed by atoms with E-state index in [1.54, 1.807) is 12.1 Å². The molecule has 0 saturated carbocycles. The number of rotatable bonds is 7. The molecular weight excluding hydrogens is 478 g/mol. The highest BCUT2D eigenvalue weighted by Crippen LogP contribution is 2.39. The van der Waals surface area contributed by atoms with Crippen LogP contribution in [-0.4, -0.2) is 42.8 Å². The molecule has 5 nitrogen and oxygen atoms in total. The summed E-state index contributed by atoms with van der Waals surface area (Å²) in [6.07, 6.45) is 1.51. The van der Waals surface area contributed by atoms with E-state index in [1.165, 1.54) is 0 Å². The predicted octanol–water partition coefficient (Wildman–Crippen LogP) is 6.68. The van der Waals surface area contributed by atoms with Crippen molar-refractivity contribution >= 4 is 31.8 Å². The molecule has 0 unspecified atom stereocenters. The first-order valence-electron chi connectivity index (χ1n) is 12.3. The molecule has 0 spiro atoms. The lowest BCUT2D eigenvalue weighted by molar-refractivity contribution is -0.137.